The van der Waals surface area contributed by atoms with Crippen LogP contribution in [0.4, 0.5) is 0 Å². The van der Waals surface area contributed by atoms with Crippen LogP contribution in [0.15, 0.2) is 115 Å². The molecule has 0 saturated heterocycles. The molecule has 2 heterocycles. The van der Waals surface area contributed by atoms with Crippen LogP contribution in [0, 0.1) is 0 Å². The van der Waals surface area contributed by atoms with Crippen LogP contribution in [-0.4, -0.2) is 14.1 Å². The molecule has 0 aliphatic rings. The van der Waals surface area contributed by atoms with E-state index >= 15 is 0 Å². The zero-order valence-electron chi connectivity index (χ0n) is 25.3. The quantitative estimate of drug-likeness (QED) is 0.216. The molecule has 5 aromatic carbocycles. The largest absolute Gasteiger partial charge is 0.309 e. The highest BCUT2D eigenvalue weighted by atomic mass is 15.1. The highest BCUT2D eigenvalue weighted by Crippen LogP contribution is 2.38. The van der Waals surface area contributed by atoms with Gasteiger partial charge in [0.05, 0.1) is 22.1 Å². The van der Waals surface area contributed by atoms with E-state index in [1.165, 1.54) is 32.9 Å². The molecular weight excluding hydrogens is 510 g/mol. The molecule has 0 bridgehead atoms. The summed E-state index contributed by atoms with van der Waals surface area (Å²) < 4.78 is 4.68. The highest BCUT2D eigenvalue weighted by Gasteiger charge is 2.21. The average Bonchev–Trinajstić information content (AvgIpc) is 3.52. The van der Waals surface area contributed by atoms with E-state index in [-0.39, 0.29) is 10.8 Å². The number of fused-ring (bicyclic) bond motifs is 4. The summed E-state index contributed by atoms with van der Waals surface area (Å²) in [6.45, 7) is 13.7. The molecule has 0 radical (unpaired) electrons. The van der Waals surface area contributed by atoms with E-state index in [1.54, 1.807) is 0 Å². The van der Waals surface area contributed by atoms with Crippen LogP contribution in [0.2, 0.25) is 0 Å². The van der Waals surface area contributed by atoms with Gasteiger partial charge in [-0.2, -0.15) is 0 Å². The molecule has 0 amide bonds. The van der Waals surface area contributed by atoms with E-state index < -0.39 is 0 Å². The first-order chi connectivity index (χ1) is 20.1. The van der Waals surface area contributed by atoms with Crippen molar-refractivity contribution in [3.8, 4) is 22.8 Å². The molecule has 0 saturated carbocycles. The molecule has 7 rings (SSSR count). The van der Waals surface area contributed by atoms with Gasteiger partial charge in [0.2, 0.25) is 0 Å². The van der Waals surface area contributed by atoms with Gasteiger partial charge in [-0.05, 0) is 82.6 Å². The Labute approximate surface area is 248 Å². The van der Waals surface area contributed by atoms with Crippen molar-refractivity contribution in [2.75, 3.05) is 0 Å². The molecule has 3 nitrogen and oxygen atoms in total. The molecule has 208 valence electrons. The van der Waals surface area contributed by atoms with Gasteiger partial charge in [0.15, 0.2) is 0 Å². The molecule has 0 N–H and O–H groups in total. The van der Waals surface area contributed by atoms with E-state index in [9.17, 15) is 0 Å². The lowest BCUT2D eigenvalue weighted by molar-refractivity contribution is 0.590. The second kappa shape index (κ2) is 9.46. The summed E-state index contributed by atoms with van der Waals surface area (Å²) in [6, 6.07) is 41.7. The molecule has 0 unspecified atom stereocenters. The van der Waals surface area contributed by atoms with Gasteiger partial charge in [-0.1, -0.05) is 96.1 Å². The molecule has 42 heavy (non-hydrogen) atoms. The summed E-state index contributed by atoms with van der Waals surface area (Å²) in [5.41, 5.74) is 10.8. The molecule has 0 aliphatic heterocycles. The Morgan fingerprint density at radius 3 is 1.52 bits per heavy atom. The van der Waals surface area contributed by atoms with E-state index in [0.717, 1.165) is 33.8 Å². The van der Waals surface area contributed by atoms with Crippen LogP contribution in [0.3, 0.4) is 0 Å². The van der Waals surface area contributed by atoms with Gasteiger partial charge in [-0.25, -0.2) is 4.98 Å². The predicted molar refractivity (Wildman–Crippen MR) is 178 cm³/mol. The number of hydrogen-bond acceptors (Lipinski definition) is 1. The monoisotopic (exact) mass is 547 g/mol. The number of imidazole rings is 1. The van der Waals surface area contributed by atoms with Crippen molar-refractivity contribution in [1.82, 2.24) is 14.1 Å². The van der Waals surface area contributed by atoms with Crippen molar-refractivity contribution in [1.29, 1.82) is 0 Å². The van der Waals surface area contributed by atoms with Gasteiger partial charge in [0, 0.05) is 27.7 Å². The standard InChI is InChI=1S/C39H37N3/c1-38(2,3)27-16-22-34-31(24-27)32-25-28(39(4,5)6)17-23-35(32)41(34)29-18-20-30(21-19-29)42-36-15-11-10-14-33(36)40-37(42)26-12-8-7-9-13-26/h7-25H,1-6H3. The minimum atomic E-state index is 0.0793. The predicted octanol–water partition coefficient (Wildman–Crippen LogP) is 10.4. The summed E-state index contributed by atoms with van der Waals surface area (Å²) in [4.78, 5) is 5.03. The zero-order chi connectivity index (χ0) is 29.2. The minimum Gasteiger partial charge on any atom is -0.309 e. The number of hydrogen-bond donors (Lipinski definition) is 0. The maximum atomic E-state index is 5.03. The van der Waals surface area contributed by atoms with Crippen molar-refractivity contribution in [2.24, 2.45) is 0 Å². The summed E-state index contributed by atoms with van der Waals surface area (Å²) in [5.74, 6) is 0.950. The van der Waals surface area contributed by atoms with Gasteiger partial charge in [-0.3, -0.25) is 4.57 Å². The van der Waals surface area contributed by atoms with Gasteiger partial charge in [0.25, 0.3) is 0 Å². The summed E-state index contributed by atoms with van der Waals surface area (Å²) in [7, 11) is 0. The molecule has 0 atom stereocenters. The van der Waals surface area contributed by atoms with Crippen LogP contribution < -0.4 is 0 Å². The Hall–Kier alpha value is -4.63. The van der Waals surface area contributed by atoms with Gasteiger partial charge < -0.3 is 4.57 Å². The van der Waals surface area contributed by atoms with Crippen molar-refractivity contribution in [3.05, 3.63) is 126 Å². The van der Waals surface area contributed by atoms with Crippen LogP contribution in [0.25, 0.3) is 55.6 Å². The summed E-state index contributed by atoms with van der Waals surface area (Å²) in [5, 5.41) is 2.61. The molecule has 2 aromatic heterocycles. The lowest BCUT2D eigenvalue weighted by atomic mass is 9.85. The lowest BCUT2D eigenvalue weighted by Gasteiger charge is -2.19. The smallest absolute Gasteiger partial charge is 0.145 e. The van der Waals surface area contributed by atoms with E-state index in [4.69, 9.17) is 4.98 Å². The highest BCUT2D eigenvalue weighted by molar-refractivity contribution is 6.10. The number of aromatic nitrogens is 3. The van der Waals surface area contributed by atoms with Crippen LogP contribution in [0.5, 0.6) is 0 Å². The fourth-order valence-corrected chi connectivity index (χ4v) is 6.05. The van der Waals surface area contributed by atoms with Crippen LogP contribution in [0.1, 0.15) is 52.7 Å². The zero-order valence-corrected chi connectivity index (χ0v) is 25.3. The van der Waals surface area contributed by atoms with Crippen LogP contribution >= 0.6 is 0 Å². The first kappa shape index (κ1) is 26.3. The van der Waals surface area contributed by atoms with Crippen LogP contribution in [-0.2, 0) is 10.8 Å². The fraction of sp³-hybridized carbons (Fsp3) is 0.205. The molecule has 0 aliphatic carbocycles. The van der Waals surface area contributed by atoms with E-state index in [0.29, 0.717) is 0 Å². The number of rotatable bonds is 3. The van der Waals surface area contributed by atoms with Gasteiger partial charge in [0.1, 0.15) is 5.82 Å². The topological polar surface area (TPSA) is 22.8 Å². The normalized spacial score (nSPS) is 12.5. The van der Waals surface area contributed by atoms with Gasteiger partial charge >= 0.3 is 0 Å². The van der Waals surface area contributed by atoms with E-state index in [2.05, 4.69) is 160 Å². The SMILES string of the molecule is CC(C)(C)c1ccc2c(c1)c1cc(C(C)(C)C)ccc1n2-c1ccc(-n2c(-c3ccccc3)nc3ccccc32)cc1. The Morgan fingerprint density at radius 2 is 0.976 bits per heavy atom. The van der Waals surface area contributed by atoms with E-state index in [1.807, 2.05) is 6.07 Å². The number of nitrogens with zero attached hydrogens (tertiary/aromatic N) is 3. The second-order valence-corrected chi connectivity index (χ2v) is 13.4. The Morgan fingerprint density at radius 1 is 0.476 bits per heavy atom. The maximum Gasteiger partial charge on any atom is 0.145 e. The molecule has 3 heteroatoms. The first-order valence-corrected chi connectivity index (χ1v) is 14.8. The first-order valence-electron chi connectivity index (χ1n) is 14.8. The van der Waals surface area contributed by atoms with Gasteiger partial charge in [-0.15, -0.1) is 0 Å². The van der Waals surface area contributed by atoms with Crippen molar-refractivity contribution in [3.63, 3.8) is 0 Å². The molecule has 0 fully saturated rings. The van der Waals surface area contributed by atoms with Crippen molar-refractivity contribution >= 4 is 32.8 Å². The Bertz CT molecular complexity index is 2010. The summed E-state index contributed by atoms with van der Waals surface area (Å²) in [6.07, 6.45) is 0. The maximum absolute atomic E-state index is 5.03. The third kappa shape index (κ3) is 4.32. The number of benzene rings is 5. The Balaban J connectivity index is 1.43. The van der Waals surface area contributed by atoms with Crippen molar-refractivity contribution in [2.45, 2.75) is 52.4 Å². The molecule has 0 spiro atoms. The number of para-hydroxylation sites is 2. The third-order valence-electron chi connectivity index (χ3n) is 8.46. The summed E-state index contributed by atoms with van der Waals surface area (Å²) >= 11 is 0. The van der Waals surface area contributed by atoms with Crippen molar-refractivity contribution < 1.29 is 0 Å². The average molecular weight is 548 g/mol. The Kier molecular flexibility index (Phi) is 5.92. The minimum absolute atomic E-state index is 0.0793. The molecular formula is C39H37N3. The third-order valence-corrected chi connectivity index (χ3v) is 8.46. The lowest BCUT2D eigenvalue weighted by Crippen LogP contribution is -2.10. The molecule has 7 aromatic rings. The second-order valence-electron chi connectivity index (χ2n) is 13.4. The fourth-order valence-electron chi connectivity index (χ4n) is 6.05.